The fourth-order valence-electron chi connectivity index (χ4n) is 2.56. The Bertz CT molecular complexity index is 660. The van der Waals surface area contributed by atoms with E-state index in [0.717, 1.165) is 12.1 Å². The van der Waals surface area contributed by atoms with Gasteiger partial charge in [-0.15, -0.1) is 0 Å². The molecule has 1 amide bonds. The number of carbonyl (C=O) groups is 1. The van der Waals surface area contributed by atoms with Crippen LogP contribution >= 0.6 is 0 Å². The van der Waals surface area contributed by atoms with Crippen LogP contribution < -0.4 is 9.47 Å². The van der Waals surface area contributed by atoms with Gasteiger partial charge in [0.1, 0.15) is 11.9 Å². The first kappa shape index (κ1) is 15.3. The first-order chi connectivity index (χ1) is 11.2. The summed E-state index contributed by atoms with van der Waals surface area (Å²) in [6.45, 7) is 3.25. The molecule has 1 aromatic carbocycles. The van der Waals surface area contributed by atoms with Gasteiger partial charge in [-0.2, -0.15) is 0 Å². The number of nitrogens with zero attached hydrogens (tertiary/aromatic N) is 2. The Morgan fingerprint density at radius 1 is 1.22 bits per heavy atom. The molecule has 1 atom stereocenters. The van der Waals surface area contributed by atoms with Crippen LogP contribution in [-0.2, 0) is 4.79 Å². The molecule has 5 heteroatoms. The van der Waals surface area contributed by atoms with E-state index < -0.39 is 0 Å². The minimum atomic E-state index is -0.0165. The lowest BCUT2D eigenvalue weighted by Crippen LogP contribution is -2.34. The van der Waals surface area contributed by atoms with Crippen molar-refractivity contribution in [2.24, 2.45) is 0 Å². The number of amides is 1. The van der Waals surface area contributed by atoms with Crippen molar-refractivity contribution >= 4 is 5.91 Å². The zero-order valence-electron chi connectivity index (χ0n) is 13.1. The maximum atomic E-state index is 12.2. The van der Waals surface area contributed by atoms with Crippen LogP contribution in [0.2, 0.25) is 0 Å². The number of pyridine rings is 1. The molecule has 0 saturated carbocycles. The predicted molar refractivity (Wildman–Crippen MR) is 86.5 cm³/mol. The van der Waals surface area contributed by atoms with Crippen molar-refractivity contribution in [2.75, 3.05) is 19.7 Å². The first-order valence-corrected chi connectivity index (χ1v) is 7.76. The molecule has 3 rings (SSSR count). The molecule has 0 bridgehead atoms. The van der Waals surface area contributed by atoms with Gasteiger partial charge in [-0.25, -0.2) is 4.98 Å². The lowest BCUT2D eigenvalue weighted by Gasteiger charge is -2.17. The summed E-state index contributed by atoms with van der Waals surface area (Å²) in [5.41, 5.74) is 0.921. The Hall–Kier alpha value is -2.56. The molecule has 1 unspecified atom stereocenters. The second kappa shape index (κ2) is 7.13. The number of hydrogen-bond donors (Lipinski definition) is 0. The molecular weight excluding hydrogens is 292 g/mol. The van der Waals surface area contributed by atoms with Gasteiger partial charge in [-0.3, -0.25) is 4.79 Å². The second-order valence-corrected chi connectivity index (χ2v) is 5.59. The molecule has 0 spiro atoms. The van der Waals surface area contributed by atoms with Crippen molar-refractivity contribution < 1.29 is 14.3 Å². The number of benzene rings is 1. The van der Waals surface area contributed by atoms with E-state index >= 15 is 0 Å². The van der Waals surface area contributed by atoms with Gasteiger partial charge < -0.3 is 14.4 Å². The minimum Gasteiger partial charge on any atom is -0.484 e. The molecule has 23 heavy (non-hydrogen) atoms. The van der Waals surface area contributed by atoms with Crippen molar-refractivity contribution in [1.29, 1.82) is 0 Å². The quantitative estimate of drug-likeness (QED) is 0.851. The Morgan fingerprint density at radius 3 is 2.83 bits per heavy atom. The zero-order valence-corrected chi connectivity index (χ0v) is 13.1. The third-order valence-electron chi connectivity index (χ3n) is 3.75. The van der Waals surface area contributed by atoms with Crippen molar-refractivity contribution in [2.45, 2.75) is 19.4 Å². The molecule has 120 valence electrons. The third kappa shape index (κ3) is 4.22. The summed E-state index contributed by atoms with van der Waals surface area (Å²) in [7, 11) is 0. The van der Waals surface area contributed by atoms with Crippen LogP contribution in [0.3, 0.4) is 0 Å². The molecule has 0 N–H and O–H groups in total. The lowest BCUT2D eigenvalue weighted by atomic mass is 10.3. The predicted octanol–water partition coefficient (Wildman–Crippen LogP) is 2.45. The topological polar surface area (TPSA) is 51.7 Å². The Labute approximate surface area is 135 Å². The number of ether oxygens (including phenoxy) is 2. The third-order valence-corrected chi connectivity index (χ3v) is 3.75. The van der Waals surface area contributed by atoms with E-state index in [1.807, 2.05) is 55.5 Å². The molecule has 2 aromatic rings. The van der Waals surface area contributed by atoms with E-state index in [4.69, 9.17) is 9.47 Å². The van der Waals surface area contributed by atoms with Gasteiger partial charge in [0.05, 0.1) is 6.54 Å². The largest absolute Gasteiger partial charge is 0.484 e. The molecule has 2 heterocycles. The van der Waals surface area contributed by atoms with Gasteiger partial charge >= 0.3 is 0 Å². The number of aromatic nitrogens is 1. The molecule has 1 aliphatic heterocycles. The number of hydrogen-bond acceptors (Lipinski definition) is 4. The van der Waals surface area contributed by atoms with Crippen LogP contribution in [0, 0.1) is 6.92 Å². The number of rotatable bonds is 5. The Balaban J connectivity index is 1.48. The first-order valence-electron chi connectivity index (χ1n) is 7.76. The van der Waals surface area contributed by atoms with Crippen LogP contribution in [0.5, 0.6) is 11.6 Å². The highest BCUT2D eigenvalue weighted by Gasteiger charge is 2.28. The molecule has 0 aliphatic carbocycles. The molecular formula is C18H20N2O3. The normalized spacial score (nSPS) is 17.1. The van der Waals surface area contributed by atoms with Crippen LogP contribution in [0.4, 0.5) is 0 Å². The van der Waals surface area contributed by atoms with E-state index in [-0.39, 0.29) is 18.6 Å². The summed E-state index contributed by atoms with van der Waals surface area (Å²) >= 11 is 0. The van der Waals surface area contributed by atoms with Gasteiger partial charge in [0.2, 0.25) is 5.88 Å². The monoisotopic (exact) mass is 312 g/mol. The number of likely N-dealkylation sites (tertiary alicyclic amines) is 1. The van der Waals surface area contributed by atoms with Crippen LogP contribution in [0.15, 0.2) is 48.5 Å². The van der Waals surface area contributed by atoms with E-state index in [9.17, 15) is 4.79 Å². The molecule has 1 aliphatic rings. The van der Waals surface area contributed by atoms with Crippen LogP contribution in [-0.4, -0.2) is 41.6 Å². The van der Waals surface area contributed by atoms with Gasteiger partial charge in [0, 0.05) is 24.7 Å². The Morgan fingerprint density at radius 2 is 2.04 bits per heavy atom. The van der Waals surface area contributed by atoms with E-state index in [1.54, 1.807) is 4.90 Å². The van der Waals surface area contributed by atoms with Crippen molar-refractivity contribution in [3.8, 4) is 11.6 Å². The van der Waals surface area contributed by atoms with Crippen molar-refractivity contribution in [3.05, 3.63) is 54.2 Å². The van der Waals surface area contributed by atoms with Crippen LogP contribution in [0.25, 0.3) is 0 Å². The highest BCUT2D eigenvalue weighted by atomic mass is 16.5. The summed E-state index contributed by atoms with van der Waals surface area (Å²) < 4.78 is 11.4. The fraction of sp³-hybridized carbons (Fsp3) is 0.333. The van der Waals surface area contributed by atoms with Crippen molar-refractivity contribution in [3.63, 3.8) is 0 Å². The van der Waals surface area contributed by atoms with Crippen molar-refractivity contribution in [1.82, 2.24) is 9.88 Å². The summed E-state index contributed by atoms with van der Waals surface area (Å²) in [4.78, 5) is 18.3. The summed E-state index contributed by atoms with van der Waals surface area (Å²) in [6, 6.07) is 15.1. The van der Waals surface area contributed by atoms with E-state index in [0.29, 0.717) is 24.7 Å². The Kier molecular flexibility index (Phi) is 4.76. The van der Waals surface area contributed by atoms with Gasteiger partial charge in [-0.05, 0) is 25.1 Å². The zero-order chi connectivity index (χ0) is 16.1. The maximum Gasteiger partial charge on any atom is 0.260 e. The lowest BCUT2D eigenvalue weighted by molar-refractivity contribution is -0.132. The number of carbonyl (C=O) groups excluding carboxylic acids is 1. The standard InChI is InChI=1S/C18H20N2O3/c1-14-6-5-9-17(19-14)23-16-10-11-20(12-16)18(21)13-22-15-7-3-2-4-8-15/h2-9,16H,10-13H2,1H3. The number of aryl methyl sites for hydroxylation is 1. The van der Waals surface area contributed by atoms with Crippen LogP contribution in [0.1, 0.15) is 12.1 Å². The highest BCUT2D eigenvalue weighted by Crippen LogP contribution is 2.17. The molecule has 5 nitrogen and oxygen atoms in total. The fourth-order valence-corrected chi connectivity index (χ4v) is 2.56. The van der Waals surface area contributed by atoms with Gasteiger partial charge in [-0.1, -0.05) is 24.3 Å². The SMILES string of the molecule is Cc1cccc(OC2CCN(C(=O)COc3ccccc3)C2)n1. The maximum absolute atomic E-state index is 12.2. The molecule has 1 fully saturated rings. The van der Waals surface area contributed by atoms with E-state index in [2.05, 4.69) is 4.98 Å². The molecule has 0 radical (unpaired) electrons. The smallest absolute Gasteiger partial charge is 0.260 e. The average molecular weight is 312 g/mol. The van der Waals surface area contributed by atoms with Gasteiger partial charge in [0.25, 0.3) is 5.91 Å². The minimum absolute atomic E-state index is 0.00928. The summed E-state index contributed by atoms with van der Waals surface area (Å²) in [5.74, 6) is 1.30. The molecule has 1 saturated heterocycles. The second-order valence-electron chi connectivity index (χ2n) is 5.59. The summed E-state index contributed by atoms with van der Waals surface area (Å²) in [5, 5.41) is 0. The van der Waals surface area contributed by atoms with E-state index in [1.165, 1.54) is 0 Å². The average Bonchev–Trinajstić information content (AvgIpc) is 3.02. The molecule has 1 aromatic heterocycles. The highest BCUT2D eigenvalue weighted by molar-refractivity contribution is 5.78. The summed E-state index contributed by atoms with van der Waals surface area (Å²) in [6.07, 6.45) is 0.803. The number of para-hydroxylation sites is 1. The van der Waals surface area contributed by atoms with Gasteiger partial charge in [0.15, 0.2) is 6.61 Å².